The van der Waals surface area contributed by atoms with Gasteiger partial charge in [-0.25, -0.2) is 12.8 Å². The Hall–Kier alpha value is -1.96. The first-order valence-corrected chi connectivity index (χ1v) is 10.4. The summed E-state index contributed by atoms with van der Waals surface area (Å²) >= 11 is 5.92. The van der Waals surface area contributed by atoms with E-state index in [0.717, 1.165) is 11.6 Å². The summed E-state index contributed by atoms with van der Waals surface area (Å²) in [6.45, 7) is 2.20. The molecule has 3 rings (SSSR count). The standard InChI is InChI=1S/C19H20ClFN2O3S/c1-13-12-15(20)6-7-17(13)22-19(24)14-8-10-23(11-9-14)27(25,26)18-5-3-2-4-16(18)21/h2-7,12,14H,8-11H2,1H3,(H,22,24). The molecular weight excluding hydrogens is 391 g/mol. The van der Waals surface area contributed by atoms with Gasteiger partial charge in [-0.2, -0.15) is 4.31 Å². The zero-order valence-electron chi connectivity index (χ0n) is 14.8. The lowest BCUT2D eigenvalue weighted by atomic mass is 9.97. The number of aryl methyl sites for hydroxylation is 1. The second-order valence-corrected chi connectivity index (χ2v) is 8.90. The van der Waals surface area contributed by atoms with Crippen molar-refractivity contribution in [3.8, 4) is 0 Å². The third-order valence-electron chi connectivity index (χ3n) is 4.73. The number of rotatable bonds is 4. The van der Waals surface area contributed by atoms with E-state index in [4.69, 9.17) is 11.6 Å². The number of nitrogens with one attached hydrogen (secondary N) is 1. The van der Waals surface area contributed by atoms with Crippen LogP contribution in [0.1, 0.15) is 18.4 Å². The first-order chi connectivity index (χ1) is 12.8. The van der Waals surface area contributed by atoms with E-state index in [1.54, 1.807) is 18.2 Å². The predicted octanol–water partition coefficient (Wildman–Crippen LogP) is 3.83. The van der Waals surface area contributed by atoms with Gasteiger partial charge in [0.15, 0.2) is 0 Å². The van der Waals surface area contributed by atoms with E-state index in [9.17, 15) is 17.6 Å². The molecule has 1 fully saturated rings. The molecule has 0 bridgehead atoms. The van der Waals surface area contributed by atoms with Crippen LogP contribution in [0.5, 0.6) is 0 Å². The summed E-state index contributed by atoms with van der Waals surface area (Å²) < 4.78 is 40.4. The molecule has 27 heavy (non-hydrogen) atoms. The Labute approximate surface area is 163 Å². The lowest BCUT2D eigenvalue weighted by Crippen LogP contribution is -2.41. The van der Waals surface area contributed by atoms with Crippen molar-refractivity contribution in [1.29, 1.82) is 0 Å². The van der Waals surface area contributed by atoms with Gasteiger partial charge in [0.05, 0.1) is 0 Å². The van der Waals surface area contributed by atoms with E-state index in [2.05, 4.69) is 5.32 Å². The van der Waals surface area contributed by atoms with Gasteiger partial charge in [-0.15, -0.1) is 0 Å². The second kappa shape index (κ2) is 7.96. The van der Waals surface area contributed by atoms with E-state index >= 15 is 0 Å². The highest BCUT2D eigenvalue weighted by Crippen LogP contribution is 2.27. The molecule has 0 radical (unpaired) electrons. The van der Waals surface area contributed by atoms with Gasteiger partial charge in [0.1, 0.15) is 10.7 Å². The molecule has 1 amide bonds. The molecule has 0 spiro atoms. The molecule has 2 aromatic carbocycles. The van der Waals surface area contributed by atoms with Gasteiger partial charge >= 0.3 is 0 Å². The van der Waals surface area contributed by atoms with E-state index in [0.29, 0.717) is 23.6 Å². The van der Waals surface area contributed by atoms with Crippen LogP contribution < -0.4 is 5.32 Å². The van der Waals surface area contributed by atoms with Crippen molar-refractivity contribution in [1.82, 2.24) is 4.31 Å². The first kappa shape index (κ1) is 19.8. The van der Waals surface area contributed by atoms with Crippen LogP contribution in [0, 0.1) is 18.7 Å². The first-order valence-electron chi connectivity index (χ1n) is 8.61. The fourth-order valence-corrected chi connectivity index (χ4v) is 4.91. The lowest BCUT2D eigenvalue weighted by molar-refractivity contribution is -0.120. The SMILES string of the molecule is Cc1cc(Cl)ccc1NC(=O)C1CCN(S(=O)(=O)c2ccccc2F)CC1. The van der Waals surface area contributed by atoms with E-state index in [1.807, 2.05) is 6.92 Å². The largest absolute Gasteiger partial charge is 0.326 e. The van der Waals surface area contributed by atoms with Crippen LogP contribution in [0.3, 0.4) is 0 Å². The van der Waals surface area contributed by atoms with Crippen molar-refractivity contribution in [3.63, 3.8) is 0 Å². The molecule has 0 atom stereocenters. The molecule has 1 N–H and O–H groups in total. The van der Waals surface area contributed by atoms with Crippen molar-refractivity contribution >= 4 is 33.2 Å². The Bertz CT molecular complexity index is 957. The van der Waals surface area contributed by atoms with Crippen LogP contribution in [0.4, 0.5) is 10.1 Å². The number of nitrogens with zero attached hydrogens (tertiary/aromatic N) is 1. The fraction of sp³-hybridized carbons (Fsp3) is 0.316. The highest BCUT2D eigenvalue weighted by Gasteiger charge is 2.33. The molecule has 8 heteroatoms. The molecule has 2 aromatic rings. The minimum absolute atomic E-state index is 0.150. The summed E-state index contributed by atoms with van der Waals surface area (Å²) in [5.41, 5.74) is 1.54. The Morgan fingerprint density at radius 1 is 1.19 bits per heavy atom. The Balaban J connectivity index is 1.65. The van der Waals surface area contributed by atoms with Crippen LogP contribution in [0.15, 0.2) is 47.4 Å². The van der Waals surface area contributed by atoms with Crippen molar-refractivity contribution in [2.75, 3.05) is 18.4 Å². The molecule has 1 aliphatic heterocycles. The number of carbonyl (C=O) groups is 1. The van der Waals surface area contributed by atoms with Crippen LogP contribution in [-0.4, -0.2) is 31.7 Å². The number of hydrogen-bond acceptors (Lipinski definition) is 3. The molecule has 144 valence electrons. The van der Waals surface area contributed by atoms with Gasteiger partial charge in [-0.1, -0.05) is 23.7 Å². The molecule has 5 nitrogen and oxygen atoms in total. The highest BCUT2D eigenvalue weighted by molar-refractivity contribution is 7.89. The number of sulfonamides is 1. The molecule has 1 saturated heterocycles. The number of carbonyl (C=O) groups excluding carboxylic acids is 1. The van der Waals surface area contributed by atoms with Gasteiger partial charge in [0, 0.05) is 29.7 Å². The predicted molar refractivity (Wildman–Crippen MR) is 103 cm³/mol. The van der Waals surface area contributed by atoms with Crippen LogP contribution >= 0.6 is 11.6 Å². The molecule has 1 aliphatic rings. The molecule has 0 saturated carbocycles. The van der Waals surface area contributed by atoms with Crippen molar-refractivity contribution in [2.45, 2.75) is 24.7 Å². The average Bonchev–Trinajstić information content (AvgIpc) is 2.64. The maximum absolute atomic E-state index is 13.9. The van der Waals surface area contributed by atoms with Crippen LogP contribution in [0.2, 0.25) is 5.02 Å². The molecule has 0 unspecified atom stereocenters. The number of anilines is 1. The lowest BCUT2D eigenvalue weighted by Gasteiger charge is -2.30. The quantitative estimate of drug-likeness (QED) is 0.833. The van der Waals surface area contributed by atoms with Gasteiger partial charge in [0.25, 0.3) is 0 Å². The normalized spacial score (nSPS) is 16.3. The van der Waals surface area contributed by atoms with Crippen molar-refractivity contribution in [2.24, 2.45) is 5.92 Å². The Morgan fingerprint density at radius 2 is 1.85 bits per heavy atom. The monoisotopic (exact) mass is 410 g/mol. The maximum Gasteiger partial charge on any atom is 0.245 e. The summed E-state index contributed by atoms with van der Waals surface area (Å²) in [5.74, 6) is -1.22. The van der Waals surface area contributed by atoms with Crippen molar-refractivity contribution in [3.05, 3.63) is 58.9 Å². The van der Waals surface area contributed by atoms with Gasteiger partial charge in [0.2, 0.25) is 15.9 Å². The summed E-state index contributed by atoms with van der Waals surface area (Å²) in [7, 11) is -3.90. The van der Waals surface area contributed by atoms with Gasteiger partial charge < -0.3 is 5.32 Å². The Morgan fingerprint density at radius 3 is 2.48 bits per heavy atom. The van der Waals surface area contributed by atoms with Gasteiger partial charge in [-0.3, -0.25) is 4.79 Å². The van der Waals surface area contributed by atoms with Crippen molar-refractivity contribution < 1.29 is 17.6 Å². The van der Waals surface area contributed by atoms with E-state index in [1.165, 1.54) is 22.5 Å². The molecule has 1 heterocycles. The second-order valence-electron chi connectivity index (χ2n) is 6.56. The highest BCUT2D eigenvalue weighted by atomic mass is 35.5. The topological polar surface area (TPSA) is 66.5 Å². The molecule has 0 aromatic heterocycles. The minimum Gasteiger partial charge on any atom is -0.326 e. The fourth-order valence-electron chi connectivity index (χ4n) is 3.15. The minimum atomic E-state index is -3.90. The molecule has 0 aliphatic carbocycles. The number of amides is 1. The summed E-state index contributed by atoms with van der Waals surface area (Å²) in [6.07, 6.45) is 0.762. The summed E-state index contributed by atoms with van der Waals surface area (Å²) in [6, 6.07) is 10.5. The Kier molecular flexibility index (Phi) is 5.83. The van der Waals surface area contributed by atoms with E-state index < -0.39 is 15.8 Å². The maximum atomic E-state index is 13.9. The average molecular weight is 411 g/mol. The molecular formula is C19H20ClFN2O3S. The number of benzene rings is 2. The van der Waals surface area contributed by atoms with E-state index in [-0.39, 0.29) is 29.8 Å². The number of piperidine rings is 1. The zero-order valence-corrected chi connectivity index (χ0v) is 16.4. The number of halogens is 2. The van der Waals surface area contributed by atoms with Crippen LogP contribution in [-0.2, 0) is 14.8 Å². The number of hydrogen-bond donors (Lipinski definition) is 1. The van der Waals surface area contributed by atoms with Crippen LogP contribution in [0.25, 0.3) is 0 Å². The van der Waals surface area contributed by atoms with Gasteiger partial charge in [-0.05, 0) is 55.7 Å². The third kappa shape index (κ3) is 4.31. The third-order valence-corrected chi connectivity index (χ3v) is 6.89. The summed E-state index contributed by atoms with van der Waals surface area (Å²) in [5, 5.41) is 3.47. The summed E-state index contributed by atoms with van der Waals surface area (Å²) in [4.78, 5) is 12.2. The zero-order chi connectivity index (χ0) is 19.6. The smallest absolute Gasteiger partial charge is 0.245 e.